The van der Waals surface area contributed by atoms with E-state index in [1.165, 1.54) is 135 Å². The molecule has 3 aliphatic heterocycles. The van der Waals surface area contributed by atoms with Gasteiger partial charge in [-0.1, -0.05) is 226 Å². The maximum atomic E-state index is 13.8. The average molecular weight is 1240 g/mol. The zero-order valence-electron chi connectivity index (χ0n) is 53.0. The molecule has 0 radical (unpaired) electrons. The van der Waals surface area contributed by atoms with E-state index in [0.717, 1.165) is 70.6 Å². The van der Waals surface area contributed by atoms with Crippen LogP contribution in [0.3, 0.4) is 0 Å². The molecule has 14 N–H and O–H groups in total. The van der Waals surface area contributed by atoms with Crippen LogP contribution in [0.15, 0.2) is 0 Å². The number of carbonyl (C=O) groups is 2. The lowest BCUT2D eigenvalue weighted by Crippen LogP contribution is -2.69. The highest BCUT2D eigenvalue weighted by Crippen LogP contribution is 2.34. The Morgan fingerprint density at radius 1 is 0.453 bits per heavy atom. The second-order valence-corrected chi connectivity index (χ2v) is 25.4. The predicted octanol–water partition coefficient (Wildman–Crippen LogP) is 5.10. The Bertz CT molecular complexity index is 1690. The minimum atomic E-state index is -2.03. The zero-order valence-corrected chi connectivity index (χ0v) is 53.0. The molecule has 3 rings (SSSR count). The molecule has 22 nitrogen and oxygen atoms in total. The van der Waals surface area contributed by atoms with Crippen LogP contribution >= 0.6 is 0 Å². The number of aliphatic hydroxyl groups is 12. The van der Waals surface area contributed by atoms with Gasteiger partial charge in [-0.25, -0.2) is 0 Å². The quantitative estimate of drug-likeness (QED) is 0.0352. The van der Waals surface area contributed by atoms with Gasteiger partial charge in [-0.2, -0.15) is 0 Å². The summed E-state index contributed by atoms with van der Waals surface area (Å²) in [6, 6.07) is -3.01. The van der Waals surface area contributed by atoms with Gasteiger partial charge in [0.05, 0.1) is 38.6 Å². The topological polar surface area (TPSA) is 356 Å². The van der Waals surface area contributed by atoms with Crippen LogP contribution in [0.1, 0.15) is 246 Å². The Hall–Kier alpha value is -1.78. The molecule has 0 spiro atoms. The molecule has 86 heavy (non-hydrogen) atoms. The number of unbranched alkanes of at least 4 members (excludes halogenated alkanes) is 29. The SMILES string of the molecule is CCCCCCCCCCCCCCCCCCCCCCC[C@@H](O)C(=O)N[C@@H](CO[C@H]1O[C@H](CO)[C@H](O)[C@H](O[C@H]2O[C@H](CO)[C@H](O)[C@H](O)[C@H]2NC(C)=O)[C@H]1O[C@H]1O[C@H](CO)[C@H](O)[C@H](O)[C@H]1O)[C@H](O)[C@H](O)CCCCCCCCCCCCC(C)C. The first kappa shape index (κ1) is 78.5. The number of aliphatic hydroxyl groups excluding tert-OH is 12. The molecule has 3 heterocycles. The Balaban J connectivity index is 1.69. The van der Waals surface area contributed by atoms with Gasteiger partial charge in [0.15, 0.2) is 18.9 Å². The van der Waals surface area contributed by atoms with Crippen LogP contribution < -0.4 is 10.6 Å². The number of carbonyl (C=O) groups excluding carboxylic acids is 2. The summed E-state index contributed by atoms with van der Waals surface area (Å²) in [5, 5.41) is 136. The number of nitrogens with one attached hydrogen (secondary N) is 2. The molecular weight excluding hydrogens is 1120 g/mol. The van der Waals surface area contributed by atoms with Crippen molar-refractivity contribution >= 4 is 11.8 Å². The molecular formula is C64H122N2O20. The summed E-state index contributed by atoms with van der Waals surface area (Å²) in [7, 11) is 0. The second kappa shape index (κ2) is 46.3. The van der Waals surface area contributed by atoms with Crippen LogP contribution in [0.25, 0.3) is 0 Å². The number of rotatable bonds is 50. The van der Waals surface area contributed by atoms with Crippen molar-refractivity contribution in [2.45, 2.75) is 362 Å². The number of amides is 2. The fraction of sp³-hybridized carbons (Fsp3) is 0.969. The van der Waals surface area contributed by atoms with Gasteiger partial charge >= 0.3 is 0 Å². The minimum absolute atomic E-state index is 0.122. The summed E-state index contributed by atoms with van der Waals surface area (Å²) in [5.74, 6) is -0.836. The molecule has 22 heteroatoms. The lowest BCUT2D eigenvalue weighted by Gasteiger charge is -2.49. The normalized spacial score (nSPS) is 29.4. The lowest BCUT2D eigenvalue weighted by atomic mass is 9.95. The van der Waals surface area contributed by atoms with Crippen molar-refractivity contribution in [3.8, 4) is 0 Å². The van der Waals surface area contributed by atoms with E-state index in [2.05, 4.69) is 31.4 Å². The van der Waals surface area contributed by atoms with Gasteiger partial charge in [0.2, 0.25) is 11.8 Å². The number of hydrogen-bond acceptors (Lipinski definition) is 20. The molecule has 0 unspecified atom stereocenters. The predicted molar refractivity (Wildman–Crippen MR) is 324 cm³/mol. The summed E-state index contributed by atoms with van der Waals surface area (Å²) in [4.78, 5) is 26.2. The lowest BCUT2D eigenvalue weighted by molar-refractivity contribution is -0.387. The summed E-state index contributed by atoms with van der Waals surface area (Å²) in [5.41, 5.74) is 0. The van der Waals surface area contributed by atoms with Crippen LogP contribution in [0, 0.1) is 5.92 Å². The van der Waals surface area contributed by atoms with Crippen molar-refractivity contribution in [3.05, 3.63) is 0 Å². The Morgan fingerprint density at radius 2 is 0.837 bits per heavy atom. The van der Waals surface area contributed by atoms with E-state index < -0.39 is 155 Å². The van der Waals surface area contributed by atoms with Crippen LogP contribution in [0.2, 0.25) is 0 Å². The maximum absolute atomic E-state index is 13.8. The van der Waals surface area contributed by atoms with E-state index in [9.17, 15) is 70.9 Å². The van der Waals surface area contributed by atoms with E-state index in [4.69, 9.17) is 28.4 Å². The third kappa shape index (κ3) is 29.7. The van der Waals surface area contributed by atoms with E-state index >= 15 is 0 Å². The Labute approximate surface area is 514 Å². The largest absolute Gasteiger partial charge is 0.394 e. The first-order chi connectivity index (χ1) is 41.4. The van der Waals surface area contributed by atoms with Gasteiger partial charge in [-0.15, -0.1) is 0 Å². The van der Waals surface area contributed by atoms with Gasteiger partial charge in [-0.05, 0) is 18.8 Å². The molecule has 0 saturated carbocycles. The van der Waals surface area contributed by atoms with E-state index in [0.29, 0.717) is 12.8 Å². The van der Waals surface area contributed by atoms with E-state index in [-0.39, 0.29) is 12.8 Å². The number of hydrogen-bond donors (Lipinski definition) is 14. The monoisotopic (exact) mass is 1240 g/mol. The van der Waals surface area contributed by atoms with Crippen LogP contribution in [-0.2, 0) is 38.0 Å². The Morgan fingerprint density at radius 3 is 1.28 bits per heavy atom. The summed E-state index contributed by atoms with van der Waals surface area (Å²) in [6.07, 6.45) is 7.90. The molecule has 0 aromatic heterocycles. The molecule has 508 valence electrons. The third-order valence-electron chi connectivity index (χ3n) is 17.5. The molecule has 0 aromatic carbocycles. The van der Waals surface area contributed by atoms with Crippen LogP contribution in [0.5, 0.6) is 0 Å². The molecule has 2 amide bonds. The fourth-order valence-electron chi connectivity index (χ4n) is 11.9. The molecule has 0 aliphatic carbocycles. The summed E-state index contributed by atoms with van der Waals surface area (Å²) < 4.78 is 36.0. The van der Waals surface area contributed by atoms with Crippen molar-refractivity contribution in [1.29, 1.82) is 0 Å². The third-order valence-corrected chi connectivity index (χ3v) is 17.5. The Kier molecular flexibility index (Phi) is 42.2. The zero-order chi connectivity index (χ0) is 63.2. The first-order valence-corrected chi connectivity index (χ1v) is 33.8. The molecule has 19 atom stereocenters. The standard InChI is InChI=1S/C64H122N2O20/c1-5-6-7-8-9-10-11-12-13-14-15-16-17-18-19-20-21-26-29-32-35-38-47(72)61(80)66-45(52(73)46(71)37-34-31-28-25-23-22-24-27-30-33-36-43(2)3)42-81-64-60(86-63-58(79)57(78)54(75)49(40-68)83-63)59(55(76)50(41-69)84-64)85-62-51(65-44(4)70)56(77)53(74)48(39-67)82-62/h43,45-60,62-64,67-69,71-79H,5-42H2,1-4H3,(H,65,70)(H,66,80)/t45-,46+,47+,48+,49+,50+,51+,52-,53-,54-,55-,56+,57-,58+,59-,60+,62+,63+,64-/m0/s1. The van der Waals surface area contributed by atoms with Crippen molar-refractivity contribution in [2.75, 3.05) is 26.4 Å². The smallest absolute Gasteiger partial charge is 0.249 e. The first-order valence-electron chi connectivity index (χ1n) is 33.8. The van der Waals surface area contributed by atoms with Crippen molar-refractivity contribution in [3.63, 3.8) is 0 Å². The highest BCUT2D eigenvalue weighted by Gasteiger charge is 2.55. The molecule has 0 bridgehead atoms. The van der Waals surface area contributed by atoms with Gasteiger partial charge in [-0.3, -0.25) is 9.59 Å². The van der Waals surface area contributed by atoms with Gasteiger partial charge in [0, 0.05) is 6.92 Å². The molecule has 3 saturated heterocycles. The van der Waals surface area contributed by atoms with E-state index in [1.807, 2.05) is 0 Å². The molecule has 0 aromatic rings. The highest BCUT2D eigenvalue weighted by molar-refractivity contribution is 5.80. The second-order valence-electron chi connectivity index (χ2n) is 25.4. The fourth-order valence-corrected chi connectivity index (χ4v) is 11.9. The summed E-state index contributed by atoms with van der Waals surface area (Å²) in [6.45, 7) is 4.56. The average Bonchev–Trinajstić information content (AvgIpc) is 2.83. The van der Waals surface area contributed by atoms with Crippen molar-refractivity contribution < 1.29 is 99.3 Å². The maximum Gasteiger partial charge on any atom is 0.249 e. The van der Waals surface area contributed by atoms with Crippen molar-refractivity contribution in [1.82, 2.24) is 10.6 Å². The van der Waals surface area contributed by atoms with Gasteiger partial charge in [0.25, 0.3) is 0 Å². The highest BCUT2D eigenvalue weighted by atomic mass is 16.8. The van der Waals surface area contributed by atoms with Crippen molar-refractivity contribution in [2.24, 2.45) is 5.92 Å². The summed E-state index contributed by atoms with van der Waals surface area (Å²) >= 11 is 0. The van der Waals surface area contributed by atoms with Crippen LogP contribution in [0.4, 0.5) is 0 Å². The number of ether oxygens (including phenoxy) is 6. The van der Waals surface area contributed by atoms with Crippen LogP contribution in [-0.4, -0.2) is 216 Å². The van der Waals surface area contributed by atoms with Gasteiger partial charge in [0.1, 0.15) is 85.4 Å². The van der Waals surface area contributed by atoms with Gasteiger partial charge < -0.3 is 100 Å². The molecule has 3 aliphatic rings. The minimum Gasteiger partial charge on any atom is -0.394 e. The van der Waals surface area contributed by atoms with E-state index in [1.54, 1.807) is 0 Å². The molecule has 3 fully saturated rings.